The zero-order chi connectivity index (χ0) is 14.4. The smallest absolute Gasteiger partial charge is 0.358 e. The number of nitrogens with zero attached hydrogens (tertiary/aromatic N) is 1. The van der Waals surface area contributed by atoms with Crippen LogP contribution in [-0.2, 0) is 6.42 Å². The molecule has 104 valence electrons. The topological polar surface area (TPSA) is 59.4 Å². The van der Waals surface area contributed by atoms with Crippen LogP contribution in [0.15, 0.2) is 42.5 Å². The van der Waals surface area contributed by atoms with Gasteiger partial charge in [-0.1, -0.05) is 30.3 Å². The number of rotatable bonds is 6. The lowest BCUT2D eigenvalue weighted by atomic mass is 10.1. The second kappa shape index (κ2) is 6.70. The van der Waals surface area contributed by atoms with Gasteiger partial charge in [-0.25, -0.2) is 9.78 Å². The maximum Gasteiger partial charge on any atom is 0.358 e. The maximum absolute atomic E-state index is 11.1. The Morgan fingerprint density at radius 2 is 1.95 bits per heavy atom. The van der Waals surface area contributed by atoms with Crippen LogP contribution in [0.4, 0.5) is 0 Å². The molecule has 0 saturated carbocycles. The number of aromatic carboxylic acids is 1. The first-order chi connectivity index (χ1) is 9.66. The van der Waals surface area contributed by atoms with Crippen LogP contribution in [0.2, 0.25) is 0 Å². The highest BCUT2D eigenvalue weighted by Gasteiger charge is 2.13. The maximum atomic E-state index is 11.1. The molecular weight excluding hydrogens is 254 g/mol. The van der Waals surface area contributed by atoms with Crippen LogP contribution in [0.3, 0.4) is 0 Å². The van der Waals surface area contributed by atoms with Gasteiger partial charge in [0.15, 0.2) is 11.4 Å². The zero-order valence-corrected chi connectivity index (χ0v) is 11.4. The SMILES string of the molecule is Cc1ccc(OCCCc2ccccc2)c(C(=O)O)n1. The molecule has 1 heterocycles. The number of aromatic nitrogens is 1. The van der Waals surface area contributed by atoms with E-state index >= 15 is 0 Å². The lowest BCUT2D eigenvalue weighted by Gasteiger charge is -2.09. The van der Waals surface area contributed by atoms with E-state index in [9.17, 15) is 4.79 Å². The molecule has 0 bridgehead atoms. The number of ether oxygens (including phenoxy) is 1. The first-order valence-corrected chi connectivity index (χ1v) is 6.54. The quantitative estimate of drug-likeness (QED) is 0.820. The van der Waals surface area contributed by atoms with Crippen molar-refractivity contribution in [3.63, 3.8) is 0 Å². The van der Waals surface area contributed by atoms with Gasteiger partial charge in [0, 0.05) is 5.69 Å². The van der Waals surface area contributed by atoms with Gasteiger partial charge in [-0.2, -0.15) is 0 Å². The van der Waals surface area contributed by atoms with Crippen molar-refractivity contribution in [3.05, 3.63) is 59.4 Å². The number of pyridine rings is 1. The van der Waals surface area contributed by atoms with Crippen molar-refractivity contribution in [1.82, 2.24) is 4.98 Å². The molecule has 4 nitrogen and oxygen atoms in total. The molecule has 1 aromatic carbocycles. The number of aryl methyl sites for hydroxylation is 2. The Hall–Kier alpha value is -2.36. The number of carboxylic acid groups (broad SMARTS) is 1. The van der Waals surface area contributed by atoms with Gasteiger partial charge < -0.3 is 9.84 Å². The standard InChI is InChI=1S/C16H17NO3/c1-12-9-10-14(15(17-12)16(18)19)20-11-5-8-13-6-3-2-4-7-13/h2-4,6-7,9-10H,5,8,11H2,1H3,(H,18,19). The van der Waals surface area contributed by atoms with Crippen LogP contribution in [0.1, 0.15) is 28.2 Å². The predicted octanol–water partition coefficient (Wildman–Crippen LogP) is 3.10. The van der Waals surface area contributed by atoms with Crippen LogP contribution in [-0.4, -0.2) is 22.7 Å². The highest BCUT2D eigenvalue weighted by molar-refractivity contribution is 5.88. The van der Waals surface area contributed by atoms with Gasteiger partial charge in [-0.05, 0) is 37.5 Å². The number of carboxylic acids is 1. The third-order valence-corrected chi connectivity index (χ3v) is 2.91. The Labute approximate surface area is 118 Å². The Kier molecular flexibility index (Phi) is 4.71. The molecule has 1 aromatic heterocycles. The van der Waals surface area contributed by atoms with E-state index in [1.54, 1.807) is 19.1 Å². The van der Waals surface area contributed by atoms with Gasteiger partial charge in [0.25, 0.3) is 0 Å². The normalized spacial score (nSPS) is 10.2. The minimum atomic E-state index is -1.06. The third kappa shape index (κ3) is 3.82. The second-order valence-electron chi connectivity index (χ2n) is 4.54. The van der Waals surface area contributed by atoms with Crippen molar-refractivity contribution in [2.75, 3.05) is 6.61 Å². The molecule has 0 spiro atoms. The van der Waals surface area contributed by atoms with Crippen molar-refractivity contribution < 1.29 is 14.6 Å². The van der Waals surface area contributed by atoms with Gasteiger partial charge in [0.05, 0.1) is 6.61 Å². The summed E-state index contributed by atoms with van der Waals surface area (Å²) in [6.45, 7) is 2.23. The van der Waals surface area contributed by atoms with E-state index in [-0.39, 0.29) is 5.69 Å². The number of carbonyl (C=O) groups is 1. The van der Waals surface area contributed by atoms with Crippen molar-refractivity contribution >= 4 is 5.97 Å². The molecule has 0 unspecified atom stereocenters. The minimum absolute atomic E-state index is 0.0234. The van der Waals surface area contributed by atoms with Gasteiger partial charge in [-0.15, -0.1) is 0 Å². The van der Waals surface area contributed by atoms with E-state index in [0.717, 1.165) is 12.8 Å². The molecular formula is C16H17NO3. The molecule has 0 saturated heterocycles. The highest BCUT2D eigenvalue weighted by Crippen LogP contribution is 2.17. The fraction of sp³-hybridized carbons (Fsp3) is 0.250. The van der Waals surface area contributed by atoms with Crippen molar-refractivity contribution in [3.8, 4) is 5.75 Å². The van der Waals surface area contributed by atoms with Gasteiger partial charge in [-0.3, -0.25) is 0 Å². The zero-order valence-electron chi connectivity index (χ0n) is 11.4. The average Bonchev–Trinajstić information content (AvgIpc) is 2.45. The van der Waals surface area contributed by atoms with E-state index in [2.05, 4.69) is 17.1 Å². The molecule has 0 aliphatic carbocycles. The molecule has 2 rings (SSSR count). The fourth-order valence-corrected chi connectivity index (χ4v) is 1.92. The molecule has 2 aromatic rings. The molecule has 0 amide bonds. The van der Waals surface area contributed by atoms with E-state index in [1.807, 2.05) is 18.2 Å². The molecule has 0 aliphatic rings. The summed E-state index contributed by atoms with van der Waals surface area (Å²) in [6.07, 6.45) is 1.74. The van der Waals surface area contributed by atoms with Crippen LogP contribution in [0.5, 0.6) is 5.75 Å². The first-order valence-electron chi connectivity index (χ1n) is 6.54. The molecule has 1 N–H and O–H groups in total. The van der Waals surface area contributed by atoms with Crippen molar-refractivity contribution in [1.29, 1.82) is 0 Å². The molecule has 0 fully saturated rings. The Bertz CT molecular complexity index is 582. The summed E-state index contributed by atoms with van der Waals surface area (Å²) in [5.41, 5.74) is 1.89. The minimum Gasteiger partial charge on any atom is -0.491 e. The Morgan fingerprint density at radius 1 is 1.20 bits per heavy atom. The van der Waals surface area contributed by atoms with Crippen molar-refractivity contribution in [2.24, 2.45) is 0 Å². The van der Waals surface area contributed by atoms with E-state index in [1.165, 1.54) is 5.56 Å². The van der Waals surface area contributed by atoms with Crippen LogP contribution >= 0.6 is 0 Å². The summed E-state index contributed by atoms with van der Waals surface area (Å²) in [5, 5.41) is 9.08. The summed E-state index contributed by atoms with van der Waals surface area (Å²) in [7, 11) is 0. The summed E-state index contributed by atoms with van der Waals surface area (Å²) < 4.78 is 5.53. The average molecular weight is 271 g/mol. The lowest BCUT2D eigenvalue weighted by molar-refractivity contribution is 0.0685. The van der Waals surface area contributed by atoms with E-state index in [4.69, 9.17) is 9.84 Å². The Morgan fingerprint density at radius 3 is 2.65 bits per heavy atom. The largest absolute Gasteiger partial charge is 0.491 e. The molecule has 0 atom stereocenters. The fourth-order valence-electron chi connectivity index (χ4n) is 1.92. The predicted molar refractivity (Wildman–Crippen MR) is 76.2 cm³/mol. The number of benzene rings is 1. The van der Waals surface area contributed by atoms with E-state index in [0.29, 0.717) is 18.1 Å². The van der Waals surface area contributed by atoms with Gasteiger partial charge >= 0.3 is 5.97 Å². The molecule has 4 heteroatoms. The molecule has 0 aliphatic heterocycles. The number of hydrogen-bond acceptors (Lipinski definition) is 3. The van der Waals surface area contributed by atoms with Crippen LogP contribution in [0, 0.1) is 6.92 Å². The second-order valence-corrected chi connectivity index (χ2v) is 4.54. The summed E-state index contributed by atoms with van der Waals surface area (Å²) in [6, 6.07) is 13.5. The van der Waals surface area contributed by atoms with Gasteiger partial charge in [0.2, 0.25) is 0 Å². The van der Waals surface area contributed by atoms with E-state index < -0.39 is 5.97 Å². The third-order valence-electron chi connectivity index (χ3n) is 2.91. The van der Waals surface area contributed by atoms with Crippen molar-refractivity contribution in [2.45, 2.75) is 19.8 Å². The number of hydrogen-bond donors (Lipinski definition) is 1. The highest BCUT2D eigenvalue weighted by atomic mass is 16.5. The summed E-state index contributed by atoms with van der Waals surface area (Å²) in [4.78, 5) is 15.1. The summed E-state index contributed by atoms with van der Waals surface area (Å²) >= 11 is 0. The lowest BCUT2D eigenvalue weighted by Crippen LogP contribution is -2.08. The van der Waals surface area contributed by atoms with Crippen LogP contribution < -0.4 is 4.74 Å². The summed E-state index contributed by atoms with van der Waals surface area (Å²) in [5.74, 6) is -0.733. The van der Waals surface area contributed by atoms with Gasteiger partial charge in [0.1, 0.15) is 0 Å². The van der Waals surface area contributed by atoms with Crippen LogP contribution in [0.25, 0.3) is 0 Å². The molecule has 0 radical (unpaired) electrons. The Balaban J connectivity index is 1.90. The monoisotopic (exact) mass is 271 g/mol. The first kappa shape index (κ1) is 14.1. The molecule has 20 heavy (non-hydrogen) atoms.